The van der Waals surface area contributed by atoms with Gasteiger partial charge in [-0.2, -0.15) is 0 Å². The van der Waals surface area contributed by atoms with Gasteiger partial charge in [-0.3, -0.25) is 9.20 Å². The molecule has 0 bridgehead atoms. The molecule has 6 nitrogen and oxygen atoms in total. The molecule has 0 radical (unpaired) electrons. The van der Waals surface area contributed by atoms with Crippen molar-refractivity contribution in [2.45, 2.75) is 20.3 Å². The minimum Gasteiger partial charge on any atom is -0.385 e. The Hall–Kier alpha value is -2.38. The van der Waals surface area contributed by atoms with Crippen LogP contribution in [0.3, 0.4) is 0 Å². The number of rotatable bonds is 7. The van der Waals surface area contributed by atoms with Crippen LogP contribution in [0.5, 0.6) is 0 Å². The van der Waals surface area contributed by atoms with Crippen LogP contribution in [0.15, 0.2) is 24.3 Å². The van der Waals surface area contributed by atoms with Gasteiger partial charge in [0.25, 0.3) is 5.91 Å². The van der Waals surface area contributed by atoms with E-state index >= 15 is 0 Å². The van der Waals surface area contributed by atoms with Crippen LogP contribution in [0.4, 0.5) is 5.82 Å². The van der Waals surface area contributed by atoms with Gasteiger partial charge in [0.05, 0.1) is 0 Å². The Kier molecular flexibility index (Phi) is 5.06. The highest BCUT2D eigenvalue weighted by molar-refractivity contribution is 7.19. The fourth-order valence-electron chi connectivity index (χ4n) is 2.77. The fraction of sp³-hybridized carbons (Fsp3) is 0.333. The minimum absolute atomic E-state index is 0.421. The molecule has 0 aliphatic carbocycles. The first-order chi connectivity index (χ1) is 12.0. The number of nitrogens with two attached hydrogens (primary N) is 1. The van der Waals surface area contributed by atoms with Crippen molar-refractivity contribution in [3.63, 3.8) is 0 Å². The Morgan fingerprint density at radius 1 is 1.32 bits per heavy atom. The first-order valence-corrected chi connectivity index (χ1v) is 8.96. The molecule has 1 amide bonds. The van der Waals surface area contributed by atoms with Crippen LogP contribution >= 0.6 is 11.3 Å². The monoisotopic (exact) mass is 358 g/mol. The number of primary amides is 1. The first kappa shape index (κ1) is 17.4. The number of ether oxygens (including phenoxy) is 1. The number of nitrogens with one attached hydrogen (secondary N) is 1. The molecule has 0 fully saturated rings. The Bertz CT molecular complexity index is 896. The molecule has 3 aromatic rings. The fourth-order valence-corrected chi connectivity index (χ4v) is 3.75. The number of thiazole rings is 1. The predicted octanol–water partition coefficient (Wildman–Crippen LogP) is 3.23. The number of aryl methyl sites for hydroxylation is 2. The molecule has 7 heteroatoms. The zero-order chi connectivity index (χ0) is 18.0. The molecular formula is C18H22N4O2S. The van der Waals surface area contributed by atoms with Crippen molar-refractivity contribution in [3.05, 3.63) is 40.4 Å². The average molecular weight is 358 g/mol. The first-order valence-electron chi connectivity index (χ1n) is 8.14. The van der Waals surface area contributed by atoms with Gasteiger partial charge >= 0.3 is 0 Å². The SMILES string of the molecule is COCCCNc1c(-c2ccc(C)cc2)nc2sc(C(N)=O)c(C)n12. The number of anilines is 1. The standard InChI is InChI=1S/C18H22N4O2S/c1-11-5-7-13(8-6-11)14-17(20-9-4-10-24-3)22-12(2)15(16(19)23)25-18(22)21-14/h5-8,20H,4,9-10H2,1-3H3,(H2,19,23). The average Bonchev–Trinajstić information content (AvgIpc) is 3.10. The van der Waals surface area contributed by atoms with Gasteiger partial charge in [0.2, 0.25) is 0 Å². The van der Waals surface area contributed by atoms with E-state index in [4.69, 9.17) is 15.5 Å². The van der Waals surface area contributed by atoms with Crippen molar-refractivity contribution >= 4 is 28.0 Å². The minimum atomic E-state index is -0.421. The molecule has 3 N–H and O–H groups in total. The number of carbonyl (C=O) groups excluding carboxylic acids is 1. The van der Waals surface area contributed by atoms with E-state index in [9.17, 15) is 4.79 Å². The van der Waals surface area contributed by atoms with Crippen molar-refractivity contribution in [1.82, 2.24) is 9.38 Å². The summed E-state index contributed by atoms with van der Waals surface area (Å²) in [6.45, 7) is 5.39. The lowest BCUT2D eigenvalue weighted by Crippen LogP contribution is -2.12. The summed E-state index contributed by atoms with van der Waals surface area (Å²) in [6, 6.07) is 8.26. The molecule has 2 aromatic heterocycles. The number of amides is 1. The van der Waals surface area contributed by atoms with E-state index in [1.807, 2.05) is 11.3 Å². The molecule has 2 heterocycles. The Morgan fingerprint density at radius 3 is 2.68 bits per heavy atom. The smallest absolute Gasteiger partial charge is 0.260 e. The number of methoxy groups -OCH3 is 1. The third-order valence-electron chi connectivity index (χ3n) is 4.07. The maximum atomic E-state index is 11.6. The molecule has 25 heavy (non-hydrogen) atoms. The van der Waals surface area contributed by atoms with Crippen molar-refractivity contribution < 1.29 is 9.53 Å². The van der Waals surface area contributed by atoms with Crippen LogP contribution < -0.4 is 11.1 Å². The zero-order valence-electron chi connectivity index (χ0n) is 14.6. The molecule has 0 aliphatic heterocycles. The quantitative estimate of drug-likeness (QED) is 0.635. The van der Waals surface area contributed by atoms with Crippen molar-refractivity contribution in [2.24, 2.45) is 5.73 Å². The third-order valence-corrected chi connectivity index (χ3v) is 5.23. The lowest BCUT2D eigenvalue weighted by Gasteiger charge is -2.09. The van der Waals surface area contributed by atoms with Crippen LogP contribution in [0.1, 0.15) is 27.3 Å². The molecule has 0 unspecified atom stereocenters. The molecule has 0 aliphatic rings. The molecule has 0 spiro atoms. The number of hydrogen-bond donors (Lipinski definition) is 2. The lowest BCUT2D eigenvalue weighted by molar-refractivity contribution is 0.100. The second kappa shape index (κ2) is 7.25. The summed E-state index contributed by atoms with van der Waals surface area (Å²) in [6.07, 6.45) is 0.878. The van der Waals surface area contributed by atoms with Crippen molar-refractivity contribution in [1.29, 1.82) is 0 Å². The van der Waals surface area contributed by atoms with E-state index in [-0.39, 0.29) is 0 Å². The highest BCUT2D eigenvalue weighted by Crippen LogP contribution is 2.34. The van der Waals surface area contributed by atoms with Crippen molar-refractivity contribution in [2.75, 3.05) is 25.6 Å². The van der Waals surface area contributed by atoms with Gasteiger partial charge in [-0.25, -0.2) is 4.98 Å². The van der Waals surface area contributed by atoms with Gasteiger partial charge in [-0.1, -0.05) is 41.2 Å². The topological polar surface area (TPSA) is 81.7 Å². The van der Waals surface area contributed by atoms with Gasteiger partial charge in [-0.05, 0) is 20.3 Å². The highest BCUT2D eigenvalue weighted by atomic mass is 32.1. The van der Waals surface area contributed by atoms with Crippen LogP contribution in [0, 0.1) is 13.8 Å². The van der Waals surface area contributed by atoms with Gasteiger partial charge in [-0.15, -0.1) is 0 Å². The van der Waals surface area contributed by atoms with Crippen molar-refractivity contribution in [3.8, 4) is 11.3 Å². The van der Waals surface area contributed by atoms with E-state index in [2.05, 4.69) is 36.5 Å². The largest absolute Gasteiger partial charge is 0.385 e. The summed E-state index contributed by atoms with van der Waals surface area (Å²) in [7, 11) is 1.69. The number of nitrogens with zero attached hydrogens (tertiary/aromatic N) is 2. The summed E-state index contributed by atoms with van der Waals surface area (Å²) < 4.78 is 7.09. The Morgan fingerprint density at radius 2 is 2.04 bits per heavy atom. The number of benzene rings is 1. The van der Waals surface area contributed by atoms with Gasteiger partial charge in [0.1, 0.15) is 16.4 Å². The summed E-state index contributed by atoms with van der Waals surface area (Å²) >= 11 is 1.32. The number of imidazole rings is 1. The summed E-state index contributed by atoms with van der Waals surface area (Å²) in [5, 5.41) is 3.45. The summed E-state index contributed by atoms with van der Waals surface area (Å²) in [5.41, 5.74) is 9.42. The van der Waals surface area contributed by atoms with E-state index < -0.39 is 5.91 Å². The van der Waals surface area contributed by atoms with E-state index in [0.717, 1.165) is 40.7 Å². The molecule has 132 valence electrons. The van der Waals surface area contributed by atoms with E-state index in [1.54, 1.807) is 7.11 Å². The van der Waals surface area contributed by atoms with Crippen LogP contribution in [-0.2, 0) is 4.74 Å². The summed E-state index contributed by atoms with van der Waals surface area (Å²) in [5.74, 6) is 0.464. The van der Waals surface area contributed by atoms with Crippen LogP contribution in [0.25, 0.3) is 16.2 Å². The maximum Gasteiger partial charge on any atom is 0.260 e. The Balaban J connectivity index is 2.08. The van der Waals surface area contributed by atoms with Gasteiger partial charge < -0.3 is 15.8 Å². The molecular weight excluding hydrogens is 336 g/mol. The van der Waals surface area contributed by atoms with Crippen LogP contribution in [0.2, 0.25) is 0 Å². The molecule has 0 atom stereocenters. The maximum absolute atomic E-state index is 11.6. The number of hydrogen-bond acceptors (Lipinski definition) is 5. The van der Waals surface area contributed by atoms with Gasteiger partial charge in [0, 0.05) is 31.5 Å². The number of aromatic nitrogens is 2. The van der Waals surface area contributed by atoms with E-state index in [1.165, 1.54) is 16.9 Å². The Labute approximate surface area is 150 Å². The third kappa shape index (κ3) is 3.38. The zero-order valence-corrected chi connectivity index (χ0v) is 15.4. The molecule has 1 aromatic carbocycles. The molecule has 0 saturated heterocycles. The van der Waals surface area contributed by atoms with E-state index in [0.29, 0.717) is 11.5 Å². The molecule has 0 saturated carbocycles. The normalized spacial score (nSPS) is 11.2. The number of carbonyl (C=O) groups is 1. The predicted molar refractivity (Wildman–Crippen MR) is 101 cm³/mol. The summed E-state index contributed by atoms with van der Waals surface area (Å²) in [4.78, 5) is 17.7. The number of fused-ring (bicyclic) bond motifs is 1. The second-order valence-corrected chi connectivity index (χ2v) is 6.92. The lowest BCUT2D eigenvalue weighted by atomic mass is 10.1. The molecule has 3 rings (SSSR count). The second-order valence-electron chi connectivity index (χ2n) is 5.95. The van der Waals surface area contributed by atoms with Crippen LogP contribution in [-0.4, -0.2) is 35.6 Å². The highest BCUT2D eigenvalue weighted by Gasteiger charge is 2.21. The van der Waals surface area contributed by atoms with Gasteiger partial charge in [0.15, 0.2) is 4.96 Å².